The fourth-order valence-electron chi connectivity index (χ4n) is 2.03. The number of nitrogens with zero attached hydrogens (tertiary/aromatic N) is 2. The molecule has 0 radical (unpaired) electrons. The molecule has 1 amide bonds. The number of esters is 1. The molecule has 26 heavy (non-hydrogen) atoms. The van der Waals surface area contributed by atoms with Gasteiger partial charge in [0.2, 0.25) is 10.0 Å². The molecule has 0 aromatic heterocycles. The molecule has 0 fully saturated rings. The third kappa shape index (κ3) is 5.55. The molecular formula is C17H23ClN2O5S. The minimum Gasteiger partial charge on any atom is -0.452 e. The van der Waals surface area contributed by atoms with Crippen molar-refractivity contribution in [3.8, 4) is 0 Å². The van der Waals surface area contributed by atoms with Gasteiger partial charge in [-0.25, -0.2) is 17.5 Å². The predicted molar refractivity (Wildman–Crippen MR) is 99.7 cm³/mol. The first-order valence-electron chi connectivity index (χ1n) is 7.82. The van der Waals surface area contributed by atoms with Crippen molar-refractivity contribution >= 4 is 33.5 Å². The molecule has 9 heteroatoms. The molecule has 0 spiro atoms. The van der Waals surface area contributed by atoms with E-state index in [1.807, 2.05) is 0 Å². The van der Waals surface area contributed by atoms with Gasteiger partial charge in [-0.15, -0.1) is 0 Å². The lowest BCUT2D eigenvalue weighted by Gasteiger charge is -2.20. The summed E-state index contributed by atoms with van der Waals surface area (Å²) in [6, 6.07) is 3.78. The fraction of sp³-hybridized carbons (Fsp3) is 0.412. The molecule has 0 saturated carbocycles. The highest BCUT2D eigenvalue weighted by Gasteiger charge is 2.23. The molecule has 0 aliphatic heterocycles. The number of hydrogen-bond acceptors (Lipinski definition) is 5. The summed E-state index contributed by atoms with van der Waals surface area (Å²) in [7, 11) is -1.10. The zero-order valence-electron chi connectivity index (χ0n) is 15.3. The summed E-state index contributed by atoms with van der Waals surface area (Å²) in [6.45, 7) is 7.73. The van der Waals surface area contributed by atoms with Gasteiger partial charge in [0.25, 0.3) is 5.91 Å². The smallest absolute Gasteiger partial charge is 0.338 e. The van der Waals surface area contributed by atoms with Crippen LogP contribution in [-0.4, -0.2) is 63.3 Å². The maximum atomic E-state index is 12.2. The molecule has 1 aromatic carbocycles. The molecule has 0 heterocycles. The normalized spacial score (nSPS) is 11.3. The summed E-state index contributed by atoms with van der Waals surface area (Å²) in [6.07, 6.45) is 0. The number of ether oxygens (including phenoxy) is 1. The van der Waals surface area contributed by atoms with Crippen LogP contribution in [0.1, 0.15) is 24.2 Å². The van der Waals surface area contributed by atoms with E-state index in [4.69, 9.17) is 16.3 Å². The zero-order valence-corrected chi connectivity index (χ0v) is 16.9. The second-order valence-corrected chi connectivity index (χ2v) is 8.40. The van der Waals surface area contributed by atoms with Crippen molar-refractivity contribution in [1.82, 2.24) is 9.21 Å². The summed E-state index contributed by atoms with van der Waals surface area (Å²) in [5.41, 5.74) is 0.799. The van der Waals surface area contributed by atoms with Gasteiger partial charge in [0, 0.05) is 27.2 Å². The van der Waals surface area contributed by atoms with Gasteiger partial charge in [0.15, 0.2) is 6.61 Å². The molecule has 7 nitrogen and oxygen atoms in total. The summed E-state index contributed by atoms with van der Waals surface area (Å²) in [5, 5.41) is -0.00931. The Hall–Kier alpha value is -1.90. The molecule has 1 rings (SSSR count). The molecule has 0 bridgehead atoms. The highest BCUT2D eigenvalue weighted by atomic mass is 35.5. The Bertz CT molecular complexity index is 805. The molecule has 144 valence electrons. The van der Waals surface area contributed by atoms with Crippen LogP contribution in [0.5, 0.6) is 0 Å². The van der Waals surface area contributed by atoms with E-state index in [1.165, 1.54) is 31.1 Å². The summed E-state index contributed by atoms with van der Waals surface area (Å²) >= 11 is 5.94. The van der Waals surface area contributed by atoms with Crippen molar-refractivity contribution in [3.05, 3.63) is 40.9 Å². The van der Waals surface area contributed by atoms with Crippen molar-refractivity contribution in [3.63, 3.8) is 0 Å². The average molecular weight is 403 g/mol. The monoisotopic (exact) mass is 402 g/mol. The predicted octanol–water partition coefficient (Wildman–Crippen LogP) is 2.17. The Balaban J connectivity index is 2.92. The van der Waals surface area contributed by atoms with Gasteiger partial charge in [-0.05, 0) is 32.0 Å². The van der Waals surface area contributed by atoms with E-state index in [2.05, 4.69) is 6.58 Å². The minimum atomic E-state index is -3.82. The molecule has 1 aromatic rings. The van der Waals surface area contributed by atoms with Crippen LogP contribution in [0.2, 0.25) is 5.02 Å². The molecule has 0 atom stereocenters. The van der Waals surface area contributed by atoms with Gasteiger partial charge in [0.1, 0.15) is 4.90 Å². The fourth-order valence-corrected chi connectivity index (χ4v) is 3.42. The zero-order chi connectivity index (χ0) is 20.1. The number of hydrogen-bond donors (Lipinski definition) is 0. The molecule has 0 aliphatic rings. The van der Waals surface area contributed by atoms with Crippen LogP contribution < -0.4 is 0 Å². The average Bonchev–Trinajstić information content (AvgIpc) is 2.57. The van der Waals surface area contributed by atoms with Crippen LogP contribution in [-0.2, 0) is 19.6 Å². The topological polar surface area (TPSA) is 84.0 Å². The van der Waals surface area contributed by atoms with Gasteiger partial charge >= 0.3 is 5.97 Å². The van der Waals surface area contributed by atoms with E-state index in [1.54, 1.807) is 13.8 Å². The highest BCUT2D eigenvalue weighted by molar-refractivity contribution is 7.89. The highest BCUT2D eigenvalue weighted by Crippen LogP contribution is 2.25. The lowest BCUT2D eigenvalue weighted by Crippen LogP contribution is -2.35. The number of rotatable bonds is 8. The number of likely N-dealkylation sites (N-methyl/N-ethyl adjacent to an activating group) is 1. The third-order valence-electron chi connectivity index (χ3n) is 3.45. The van der Waals surface area contributed by atoms with Gasteiger partial charge in [0.05, 0.1) is 10.6 Å². The third-order valence-corrected chi connectivity index (χ3v) is 5.74. The summed E-state index contributed by atoms with van der Waals surface area (Å²) < 4.78 is 30.5. The van der Waals surface area contributed by atoms with Crippen LogP contribution in [0.4, 0.5) is 0 Å². The molecule has 0 aliphatic carbocycles. The molecule has 0 N–H and O–H groups in total. The Morgan fingerprint density at radius 2 is 1.88 bits per heavy atom. The number of benzene rings is 1. The Kier molecular flexibility index (Phi) is 7.80. The maximum absolute atomic E-state index is 12.2. The van der Waals surface area contributed by atoms with Crippen molar-refractivity contribution < 1.29 is 22.7 Å². The Morgan fingerprint density at radius 3 is 2.38 bits per heavy atom. The van der Waals surface area contributed by atoms with E-state index in [0.29, 0.717) is 13.1 Å². The number of amides is 1. The molecule has 0 unspecified atom stereocenters. The number of carbonyl (C=O) groups excluding carboxylic acids is 2. The maximum Gasteiger partial charge on any atom is 0.338 e. The standard InChI is InChI=1S/C17H23ClN2O5S/c1-6-20(10-12(2)3)16(21)11-25-17(22)13-7-8-14(18)15(9-13)26(23,24)19(4)5/h7-9H,2,6,10-11H2,1,3-5H3. The first-order chi connectivity index (χ1) is 12.0. The minimum absolute atomic E-state index is 0.00873. The van der Waals surface area contributed by atoms with Gasteiger partial charge in [-0.3, -0.25) is 4.79 Å². The largest absolute Gasteiger partial charge is 0.452 e. The van der Waals surface area contributed by atoms with Crippen molar-refractivity contribution in [2.24, 2.45) is 0 Å². The van der Waals surface area contributed by atoms with E-state index in [-0.39, 0.29) is 21.4 Å². The Labute approximate surface area is 159 Å². The van der Waals surface area contributed by atoms with Gasteiger partial charge in [-0.1, -0.05) is 23.8 Å². The van der Waals surface area contributed by atoms with E-state index in [0.717, 1.165) is 15.9 Å². The van der Waals surface area contributed by atoms with E-state index in [9.17, 15) is 18.0 Å². The van der Waals surface area contributed by atoms with Gasteiger partial charge < -0.3 is 9.64 Å². The van der Waals surface area contributed by atoms with Crippen LogP contribution in [0.25, 0.3) is 0 Å². The quantitative estimate of drug-likeness (QED) is 0.491. The number of carbonyl (C=O) groups is 2. The second-order valence-electron chi connectivity index (χ2n) is 5.87. The summed E-state index contributed by atoms with van der Waals surface area (Å²) in [4.78, 5) is 25.6. The van der Waals surface area contributed by atoms with Crippen LogP contribution >= 0.6 is 11.6 Å². The lowest BCUT2D eigenvalue weighted by atomic mass is 10.2. The first kappa shape index (κ1) is 22.1. The molecular weight excluding hydrogens is 380 g/mol. The SMILES string of the molecule is C=C(C)CN(CC)C(=O)COC(=O)c1ccc(Cl)c(S(=O)(=O)N(C)C)c1. The number of halogens is 1. The van der Waals surface area contributed by atoms with E-state index >= 15 is 0 Å². The summed E-state index contributed by atoms with van der Waals surface area (Å²) in [5.74, 6) is -1.17. The number of sulfonamides is 1. The Morgan fingerprint density at radius 1 is 1.27 bits per heavy atom. The van der Waals surface area contributed by atoms with Crippen molar-refractivity contribution in [2.45, 2.75) is 18.7 Å². The second kappa shape index (κ2) is 9.16. The van der Waals surface area contributed by atoms with Crippen LogP contribution in [0.15, 0.2) is 35.2 Å². The van der Waals surface area contributed by atoms with Crippen LogP contribution in [0, 0.1) is 0 Å². The lowest BCUT2D eigenvalue weighted by molar-refractivity contribution is -0.133. The van der Waals surface area contributed by atoms with E-state index < -0.39 is 22.6 Å². The van der Waals surface area contributed by atoms with Crippen molar-refractivity contribution in [2.75, 3.05) is 33.8 Å². The van der Waals surface area contributed by atoms with Crippen LogP contribution in [0.3, 0.4) is 0 Å². The molecule has 0 saturated heterocycles. The first-order valence-corrected chi connectivity index (χ1v) is 9.63. The van der Waals surface area contributed by atoms with Gasteiger partial charge in [-0.2, -0.15) is 0 Å². The van der Waals surface area contributed by atoms with Crippen molar-refractivity contribution in [1.29, 1.82) is 0 Å².